The smallest absolute Gasteiger partial charge is 0.422 e. The van der Waals surface area contributed by atoms with Crippen LogP contribution in [0.2, 0.25) is 0 Å². The first-order valence-electron chi connectivity index (χ1n) is 10.3. The normalized spacial score (nSPS) is 11.5. The largest absolute Gasteiger partial charge is 0.497 e. The molecule has 11 heteroatoms. The van der Waals surface area contributed by atoms with E-state index in [1.807, 2.05) is 41.6 Å². The van der Waals surface area contributed by atoms with Crippen molar-refractivity contribution in [3.05, 3.63) is 58.0 Å². The molecular formula is C22H25BrF3N5O2. The molecule has 0 radical (unpaired) electrons. The van der Waals surface area contributed by atoms with Gasteiger partial charge in [0.15, 0.2) is 6.61 Å². The van der Waals surface area contributed by atoms with Crippen LogP contribution >= 0.6 is 15.9 Å². The standard InChI is InChI=1S/C22H25BrF3N5O2/c1-4-19-28-29-21(30(2)13-16-11-17(32-3)6-7-18(16)23)31(19)10-9-15-5-8-20(27-12-15)33-14-22(24,25)26/h5-8,11-12H,4,9-10,13-14H2,1-3H3. The topological polar surface area (TPSA) is 65.3 Å². The number of halogens is 4. The van der Waals surface area contributed by atoms with Gasteiger partial charge in [-0.1, -0.05) is 28.9 Å². The van der Waals surface area contributed by atoms with Crippen LogP contribution in [-0.2, 0) is 25.9 Å². The molecule has 0 unspecified atom stereocenters. The Labute approximate surface area is 198 Å². The highest BCUT2D eigenvalue weighted by Crippen LogP contribution is 2.25. The number of aryl methyl sites for hydroxylation is 2. The van der Waals surface area contributed by atoms with Gasteiger partial charge in [-0.25, -0.2) is 4.98 Å². The third-order valence-electron chi connectivity index (χ3n) is 4.93. The molecule has 0 saturated carbocycles. The minimum Gasteiger partial charge on any atom is -0.497 e. The van der Waals surface area contributed by atoms with Crippen LogP contribution in [0.4, 0.5) is 19.1 Å². The van der Waals surface area contributed by atoms with Gasteiger partial charge in [0.1, 0.15) is 11.6 Å². The SMILES string of the molecule is CCc1nnc(N(C)Cc2cc(OC)ccc2Br)n1CCc1ccc(OCC(F)(F)F)nc1. The lowest BCUT2D eigenvalue weighted by Crippen LogP contribution is -2.22. The van der Waals surface area contributed by atoms with Gasteiger partial charge in [-0.2, -0.15) is 13.2 Å². The quantitative estimate of drug-likeness (QED) is 0.376. The predicted molar refractivity (Wildman–Crippen MR) is 122 cm³/mol. The Bertz CT molecular complexity index is 1060. The van der Waals surface area contributed by atoms with Crippen molar-refractivity contribution in [2.45, 2.75) is 39.0 Å². The number of methoxy groups -OCH3 is 1. The molecule has 0 N–H and O–H groups in total. The summed E-state index contributed by atoms with van der Waals surface area (Å²) >= 11 is 3.58. The number of alkyl halides is 3. The van der Waals surface area contributed by atoms with Gasteiger partial charge in [-0.3, -0.25) is 4.57 Å². The Balaban J connectivity index is 1.70. The number of benzene rings is 1. The number of hydrogen-bond donors (Lipinski definition) is 0. The summed E-state index contributed by atoms with van der Waals surface area (Å²) in [5.41, 5.74) is 1.91. The number of hydrogen-bond acceptors (Lipinski definition) is 6. The fraction of sp³-hybridized carbons (Fsp3) is 0.409. The summed E-state index contributed by atoms with van der Waals surface area (Å²) in [6.07, 6.45) is -1.54. The van der Waals surface area contributed by atoms with E-state index in [9.17, 15) is 13.2 Å². The Hall–Kier alpha value is -2.82. The molecule has 7 nitrogen and oxygen atoms in total. The molecular weight excluding hydrogens is 503 g/mol. The Kier molecular flexibility index (Phi) is 8.17. The summed E-state index contributed by atoms with van der Waals surface area (Å²) < 4.78 is 49.9. The molecule has 0 spiro atoms. The van der Waals surface area contributed by atoms with Crippen molar-refractivity contribution >= 4 is 21.9 Å². The first kappa shape index (κ1) is 24.8. The van der Waals surface area contributed by atoms with E-state index in [2.05, 4.69) is 35.8 Å². The summed E-state index contributed by atoms with van der Waals surface area (Å²) in [6.45, 7) is 1.84. The lowest BCUT2D eigenvalue weighted by Gasteiger charge is -2.21. The Morgan fingerprint density at radius 1 is 1.15 bits per heavy atom. The van der Waals surface area contributed by atoms with E-state index in [-0.39, 0.29) is 5.88 Å². The Morgan fingerprint density at radius 2 is 1.94 bits per heavy atom. The molecule has 3 aromatic rings. The highest BCUT2D eigenvalue weighted by Gasteiger charge is 2.28. The van der Waals surface area contributed by atoms with Crippen LogP contribution in [-0.4, -0.2) is 46.7 Å². The number of ether oxygens (including phenoxy) is 2. The molecule has 33 heavy (non-hydrogen) atoms. The number of rotatable bonds is 10. The first-order valence-corrected chi connectivity index (χ1v) is 11.1. The minimum absolute atomic E-state index is 0.0566. The van der Waals surface area contributed by atoms with E-state index in [1.54, 1.807) is 13.2 Å². The maximum Gasteiger partial charge on any atom is 0.422 e. The van der Waals surface area contributed by atoms with Gasteiger partial charge < -0.3 is 14.4 Å². The van der Waals surface area contributed by atoms with Gasteiger partial charge in [0.05, 0.1) is 7.11 Å². The van der Waals surface area contributed by atoms with Crippen molar-refractivity contribution in [2.75, 3.05) is 25.7 Å². The summed E-state index contributed by atoms with van der Waals surface area (Å²) in [4.78, 5) is 5.99. The zero-order chi connectivity index (χ0) is 24.0. The monoisotopic (exact) mass is 527 g/mol. The number of anilines is 1. The molecule has 0 amide bonds. The van der Waals surface area contributed by atoms with Crippen molar-refractivity contribution in [1.82, 2.24) is 19.7 Å². The molecule has 0 fully saturated rings. The fourth-order valence-corrected chi connectivity index (χ4v) is 3.64. The molecule has 2 heterocycles. The second-order valence-corrected chi connectivity index (χ2v) is 8.25. The maximum atomic E-state index is 12.3. The van der Waals surface area contributed by atoms with Gasteiger partial charge >= 0.3 is 6.18 Å². The molecule has 178 valence electrons. The second kappa shape index (κ2) is 10.9. The third kappa shape index (κ3) is 6.83. The maximum absolute atomic E-state index is 12.3. The van der Waals surface area contributed by atoms with Gasteiger partial charge in [-0.05, 0) is 35.7 Å². The molecule has 2 aromatic heterocycles. The van der Waals surface area contributed by atoms with Crippen LogP contribution in [0.1, 0.15) is 23.9 Å². The lowest BCUT2D eigenvalue weighted by molar-refractivity contribution is -0.154. The first-order chi connectivity index (χ1) is 15.7. The molecule has 0 bridgehead atoms. The molecule has 3 rings (SSSR count). The third-order valence-corrected chi connectivity index (χ3v) is 5.70. The molecule has 1 aromatic carbocycles. The van der Waals surface area contributed by atoms with Crippen LogP contribution in [0, 0.1) is 0 Å². The van der Waals surface area contributed by atoms with Crippen LogP contribution in [0.15, 0.2) is 41.0 Å². The average Bonchev–Trinajstić information content (AvgIpc) is 3.21. The van der Waals surface area contributed by atoms with Crippen LogP contribution in [0.3, 0.4) is 0 Å². The highest BCUT2D eigenvalue weighted by molar-refractivity contribution is 9.10. The molecule has 0 aliphatic heterocycles. The van der Waals surface area contributed by atoms with Crippen LogP contribution in [0.25, 0.3) is 0 Å². The van der Waals surface area contributed by atoms with Crippen LogP contribution in [0.5, 0.6) is 11.6 Å². The molecule has 0 saturated heterocycles. The zero-order valence-electron chi connectivity index (χ0n) is 18.6. The second-order valence-electron chi connectivity index (χ2n) is 7.39. The van der Waals surface area contributed by atoms with Crippen molar-refractivity contribution in [3.8, 4) is 11.6 Å². The predicted octanol–water partition coefficient (Wildman–Crippen LogP) is 4.83. The summed E-state index contributed by atoms with van der Waals surface area (Å²) in [5.74, 6) is 2.28. The van der Waals surface area contributed by atoms with Gasteiger partial charge in [0, 0.05) is 43.3 Å². The van der Waals surface area contributed by atoms with Gasteiger partial charge in [-0.15, -0.1) is 10.2 Å². The fourth-order valence-electron chi connectivity index (χ4n) is 3.27. The summed E-state index contributed by atoms with van der Waals surface area (Å²) in [7, 11) is 3.57. The van der Waals surface area contributed by atoms with E-state index in [4.69, 9.17) is 4.74 Å². The number of aromatic nitrogens is 4. The van der Waals surface area contributed by atoms with Gasteiger partial charge in [0.25, 0.3) is 0 Å². The van der Waals surface area contributed by atoms with Gasteiger partial charge in [0.2, 0.25) is 11.8 Å². The van der Waals surface area contributed by atoms with Crippen molar-refractivity contribution in [1.29, 1.82) is 0 Å². The molecule has 0 aliphatic carbocycles. The van der Waals surface area contributed by atoms with E-state index in [0.29, 0.717) is 25.9 Å². The number of pyridine rings is 1. The van der Waals surface area contributed by atoms with E-state index in [0.717, 1.165) is 33.1 Å². The van der Waals surface area contributed by atoms with Crippen LogP contribution < -0.4 is 14.4 Å². The van der Waals surface area contributed by atoms with E-state index < -0.39 is 12.8 Å². The minimum atomic E-state index is -4.39. The van der Waals surface area contributed by atoms with Crippen molar-refractivity contribution in [3.63, 3.8) is 0 Å². The summed E-state index contributed by atoms with van der Waals surface area (Å²) in [6, 6.07) is 8.96. The Morgan fingerprint density at radius 3 is 2.58 bits per heavy atom. The van der Waals surface area contributed by atoms with Crippen molar-refractivity contribution in [2.24, 2.45) is 0 Å². The average molecular weight is 528 g/mol. The van der Waals surface area contributed by atoms with E-state index >= 15 is 0 Å². The molecule has 0 aliphatic rings. The number of nitrogens with zero attached hydrogens (tertiary/aromatic N) is 5. The van der Waals surface area contributed by atoms with E-state index in [1.165, 1.54) is 12.3 Å². The lowest BCUT2D eigenvalue weighted by atomic mass is 10.2. The van der Waals surface area contributed by atoms with Crippen molar-refractivity contribution < 1.29 is 22.6 Å². The highest BCUT2D eigenvalue weighted by atomic mass is 79.9. The zero-order valence-corrected chi connectivity index (χ0v) is 20.2. The molecule has 0 atom stereocenters. The summed E-state index contributed by atoms with van der Waals surface area (Å²) in [5, 5.41) is 8.70.